The highest BCUT2D eigenvalue weighted by atomic mass is 79.9. The van der Waals surface area contributed by atoms with Crippen LogP contribution in [0.2, 0.25) is 0 Å². The predicted octanol–water partition coefficient (Wildman–Crippen LogP) is 2.71. The van der Waals surface area contributed by atoms with E-state index in [0.29, 0.717) is 5.92 Å². The number of fused-ring (bicyclic) bond motifs is 1. The molecular formula is C12H20BrNO. The summed E-state index contributed by atoms with van der Waals surface area (Å²) in [7, 11) is 0. The first-order valence-corrected chi connectivity index (χ1v) is 7.08. The van der Waals surface area contributed by atoms with E-state index in [1.807, 2.05) is 0 Å². The van der Waals surface area contributed by atoms with Crippen molar-refractivity contribution in [1.82, 2.24) is 5.32 Å². The van der Waals surface area contributed by atoms with Crippen LogP contribution >= 0.6 is 15.9 Å². The van der Waals surface area contributed by atoms with Gasteiger partial charge in [-0.15, -0.1) is 0 Å². The van der Waals surface area contributed by atoms with Gasteiger partial charge in [-0.1, -0.05) is 22.9 Å². The monoisotopic (exact) mass is 273 g/mol. The second-order valence-corrected chi connectivity index (χ2v) is 6.02. The molecule has 86 valence electrons. The van der Waals surface area contributed by atoms with Crippen molar-refractivity contribution in [2.24, 2.45) is 17.8 Å². The molecule has 2 fully saturated rings. The Bertz CT molecular complexity index is 252. The number of halogens is 1. The number of nitrogens with one attached hydrogen (secondary N) is 1. The fraction of sp³-hybridized carbons (Fsp3) is 0.917. The van der Waals surface area contributed by atoms with Crippen LogP contribution in [0.4, 0.5) is 0 Å². The summed E-state index contributed by atoms with van der Waals surface area (Å²) in [5.74, 6) is 2.36. The van der Waals surface area contributed by atoms with Crippen molar-refractivity contribution in [1.29, 1.82) is 0 Å². The van der Waals surface area contributed by atoms with Crippen molar-refractivity contribution < 1.29 is 4.79 Å². The Morgan fingerprint density at radius 1 is 1.40 bits per heavy atom. The van der Waals surface area contributed by atoms with Gasteiger partial charge in [0.1, 0.15) is 0 Å². The Hall–Kier alpha value is -0.0500. The standard InChI is InChI=1S/C12H20BrNO/c1-3-12(2,7-13)14-11(15)10-5-8-4-9(8)6-10/h8-10H,3-7H2,1-2H3,(H,14,15). The maximum atomic E-state index is 12.0. The summed E-state index contributed by atoms with van der Waals surface area (Å²) in [4.78, 5) is 12.0. The highest BCUT2D eigenvalue weighted by Gasteiger charge is 2.48. The molecule has 1 N–H and O–H groups in total. The van der Waals surface area contributed by atoms with Crippen LogP contribution in [0, 0.1) is 17.8 Å². The second-order valence-electron chi connectivity index (χ2n) is 5.46. The molecule has 0 spiro atoms. The zero-order chi connectivity index (χ0) is 11.1. The Kier molecular flexibility index (Phi) is 3.11. The molecule has 0 aromatic heterocycles. The number of hydrogen-bond acceptors (Lipinski definition) is 1. The van der Waals surface area contributed by atoms with Crippen LogP contribution < -0.4 is 5.32 Å². The maximum absolute atomic E-state index is 12.0. The highest BCUT2D eigenvalue weighted by molar-refractivity contribution is 9.09. The zero-order valence-electron chi connectivity index (χ0n) is 9.55. The van der Waals surface area contributed by atoms with Crippen molar-refractivity contribution >= 4 is 21.8 Å². The minimum atomic E-state index is -0.0656. The molecule has 2 saturated carbocycles. The van der Waals surface area contributed by atoms with E-state index in [-0.39, 0.29) is 11.4 Å². The lowest BCUT2D eigenvalue weighted by atomic mass is 9.97. The van der Waals surface area contributed by atoms with Crippen LogP contribution in [0.5, 0.6) is 0 Å². The van der Waals surface area contributed by atoms with E-state index in [9.17, 15) is 4.79 Å². The molecule has 0 radical (unpaired) electrons. The summed E-state index contributed by atoms with van der Waals surface area (Å²) in [6.07, 6.45) is 4.63. The minimum absolute atomic E-state index is 0.0656. The quantitative estimate of drug-likeness (QED) is 0.785. The average Bonchev–Trinajstić information content (AvgIpc) is 2.85. The van der Waals surface area contributed by atoms with Gasteiger partial charge in [0, 0.05) is 16.8 Å². The fourth-order valence-electron chi connectivity index (χ4n) is 2.54. The third-order valence-electron chi connectivity index (χ3n) is 4.11. The topological polar surface area (TPSA) is 29.1 Å². The van der Waals surface area contributed by atoms with E-state index in [0.717, 1.165) is 36.4 Å². The van der Waals surface area contributed by atoms with Crippen molar-refractivity contribution in [3.63, 3.8) is 0 Å². The number of alkyl halides is 1. The molecule has 2 rings (SSSR count). The zero-order valence-corrected chi connectivity index (χ0v) is 11.1. The summed E-state index contributed by atoms with van der Waals surface area (Å²) >= 11 is 3.48. The van der Waals surface area contributed by atoms with E-state index >= 15 is 0 Å². The van der Waals surface area contributed by atoms with E-state index < -0.39 is 0 Å². The van der Waals surface area contributed by atoms with E-state index in [4.69, 9.17) is 0 Å². The summed E-state index contributed by atoms with van der Waals surface area (Å²) in [6, 6.07) is 0. The molecule has 0 saturated heterocycles. The van der Waals surface area contributed by atoms with Crippen LogP contribution in [0.15, 0.2) is 0 Å². The molecule has 0 aliphatic heterocycles. The summed E-state index contributed by atoms with van der Waals surface area (Å²) in [5, 5.41) is 4.03. The molecule has 0 bridgehead atoms. The predicted molar refractivity (Wildman–Crippen MR) is 65.0 cm³/mol. The number of carbonyl (C=O) groups is 1. The Labute approximate surface area is 100 Å². The summed E-state index contributed by atoms with van der Waals surface area (Å²) < 4.78 is 0. The van der Waals surface area contributed by atoms with E-state index in [1.54, 1.807) is 0 Å². The molecular weight excluding hydrogens is 254 g/mol. The van der Waals surface area contributed by atoms with Crippen LogP contribution in [-0.2, 0) is 4.79 Å². The average molecular weight is 274 g/mol. The van der Waals surface area contributed by atoms with Gasteiger partial charge in [-0.25, -0.2) is 0 Å². The molecule has 3 atom stereocenters. The summed E-state index contributed by atoms with van der Waals surface area (Å²) in [5.41, 5.74) is -0.0656. The molecule has 0 aromatic rings. The van der Waals surface area contributed by atoms with Gasteiger partial charge in [0.25, 0.3) is 0 Å². The van der Waals surface area contributed by atoms with Gasteiger partial charge in [0.2, 0.25) is 5.91 Å². The first kappa shape index (κ1) is 11.4. The van der Waals surface area contributed by atoms with Gasteiger partial charge in [0.15, 0.2) is 0 Å². The first-order valence-electron chi connectivity index (χ1n) is 5.96. The number of amides is 1. The molecule has 0 heterocycles. The van der Waals surface area contributed by atoms with Gasteiger partial charge in [-0.3, -0.25) is 4.79 Å². The van der Waals surface area contributed by atoms with Gasteiger partial charge < -0.3 is 5.32 Å². The van der Waals surface area contributed by atoms with Gasteiger partial charge in [-0.05, 0) is 44.4 Å². The lowest BCUT2D eigenvalue weighted by Gasteiger charge is -2.29. The number of rotatable bonds is 4. The molecule has 15 heavy (non-hydrogen) atoms. The third-order valence-corrected chi connectivity index (χ3v) is 5.35. The van der Waals surface area contributed by atoms with E-state index in [2.05, 4.69) is 35.1 Å². The van der Waals surface area contributed by atoms with Crippen molar-refractivity contribution in [2.75, 3.05) is 5.33 Å². The molecule has 3 heteroatoms. The molecule has 2 aliphatic carbocycles. The largest absolute Gasteiger partial charge is 0.350 e. The highest BCUT2D eigenvalue weighted by Crippen LogP contribution is 2.54. The number of hydrogen-bond donors (Lipinski definition) is 1. The Balaban J connectivity index is 1.86. The lowest BCUT2D eigenvalue weighted by molar-refractivity contribution is -0.126. The number of carbonyl (C=O) groups excluding carboxylic acids is 1. The summed E-state index contributed by atoms with van der Waals surface area (Å²) in [6.45, 7) is 4.23. The van der Waals surface area contributed by atoms with Crippen LogP contribution in [-0.4, -0.2) is 16.8 Å². The molecule has 2 nitrogen and oxygen atoms in total. The third kappa shape index (κ3) is 2.38. The minimum Gasteiger partial charge on any atom is -0.350 e. The van der Waals surface area contributed by atoms with Gasteiger partial charge in [0.05, 0.1) is 0 Å². The van der Waals surface area contributed by atoms with Gasteiger partial charge >= 0.3 is 0 Å². The van der Waals surface area contributed by atoms with Crippen LogP contribution in [0.25, 0.3) is 0 Å². The van der Waals surface area contributed by atoms with Crippen LogP contribution in [0.3, 0.4) is 0 Å². The normalized spacial score (nSPS) is 36.9. The fourth-order valence-corrected chi connectivity index (χ4v) is 3.08. The SMILES string of the molecule is CCC(C)(CBr)NC(=O)C1CC2CC2C1. The van der Waals surface area contributed by atoms with Crippen molar-refractivity contribution in [3.8, 4) is 0 Å². The van der Waals surface area contributed by atoms with Gasteiger partial charge in [-0.2, -0.15) is 0 Å². The lowest BCUT2D eigenvalue weighted by Crippen LogP contribution is -2.49. The van der Waals surface area contributed by atoms with Crippen molar-refractivity contribution in [3.05, 3.63) is 0 Å². The molecule has 3 unspecified atom stereocenters. The molecule has 2 aliphatic rings. The smallest absolute Gasteiger partial charge is 0.223 e. The van der Waals surface area contributed by atoms with E-state index in [1.165, 1.54) is 6.42 Å². The maximum Gasteiger partial charge on any atom is 0.223 e. The molecule has 0 aromatic carbocycles. The Morgan fingerprint density at radius 2 is 2.00 bits per heavy atom. The van der Waals surface area contributed by atoms with Crippen LogP contribution in [0.1, 0.15) is 39.5 Å². The second kappa shape index (κ2) is 4.08. The van der Waals surface area contributed by atoms with Crippen molar-refractivity contribution in [2.45, 2.75) is 45.1 Å². The first-order chi connectivity index (χ1) is 7.08. The Morgan fingerprint density at radius 3 is 2.47 bits per heavy atom. The molecule has 1 amide bonds.